The molecule has 0 spiro atoms. The van der Waals surface area contributed by atoms with Crippen molar-refractivity contribution in [2.75, 3.05) is 9.80 Å². The molecule has 0 fully saturated rings. The smallest absolute Gasteiger partial charge is 0.252 e. The molecule has 2 aliphatic rings. The van der Waals surface area contributed by atoms with Gasteiger partial charge in [-0.05, 0) is 76.0 Å². The van der Waals surface area contributed by atoms with Crippen molar-refractivity contribution in [1.29, 1.82) is 0 Å². The predicted octanol–water partition coefficient (Wildman–Crippen LogP) is 12.9. The van der Waals surface area contributed by atoms with E-state index in [-0.39, 0.29) is 6.71 Å². The molecule has 0 radical (unpaired) electrons. The summed E-state index contributed by atoms with van der Waals surface area (Å²) in [6.07, 6.45) is 0. The number of fused-ring (bicyclic) bond motifs is 10. The minimum absolute atomic E-state index is 0.0220. The Morgan fingerprint density at radius 1 is 0.322 bits per heavy atom. The standard InChI is InChI=1S/C54H33BN2O2/c1-3-16-34(17-4-1)36-30-32-40-38-20-7-13-28-48(38)58-53(40)51(36)56-44-24-11-9-22-42(44)55-43-23-10-12-25-45(43)57(47-27-15-26-46(56)50(47)55)52-37(35-18-5-2-6-19-35)31-33-41-39-21-8-14-29-49(39)59-54(41)52/h1-33H. The second-order valence-electron chi connectivity index (χ2n) is 15.5. The first-order valence-corrected chi connectivity index (χ1v) is 20.2. The average molecular weight is 753 g/mol. The molecule has 5 heteroatoms. The molecule has 0 aliphatic carbocycles. The molecule has 13 rings (SSSR count). The Hall–Kier alpha value is -7.76. The number of benzene rings is 9. The molecule has 11 aromatic rings. The van der Waals surface area contributed by atoms with Crippen LogP contribution in [-0.2, 0) is 0 Å². The Kier molecular flexibility index (Phi) is 6.78. The molecule has 4 heterocycles. The van der Waals surface area contributed by atoms with E-state index in [9.17, 15) is 0 Å². The summed E-state index contributed by atoms with van der Waals surface area (Å²) in [7, 11) is 0. The van der Waals surface area contributed by atoms with Gasteiger partial charge in [-0.1, -0.05) is 152 Å². The van der Waals surface area contributed by atoms with Crippen molar-refractivity contribution in [2.45, 2.75) is 0 Å². The minimum Gasteiger partial charge on any atom is -0.454 e. The van der Waals surface area contributed by atoms with E-state index in [1.54, 1.807) is 0 Å². The fourth-order valence-corrected chi connectivity index (χ4v) is 10.0. The van der Waals surface area contributed by atoms with Gasteiger partial charge in [0.15, 0.2) is 11.2 Å². The van der Waals surface area contributed by atoms with Crippen LogP contribution in [0.4, 0.5) is 34.1 Å². The highest BCUT2D eigenvalue weighted by Gasteiger charge is 2.44. The molecule has 9 aromatic carbocycles. The fourth-order valence-electron chi connectivity index (χ4n) is 10.0. The molecular formula is C54H33BN2O2. The highest BCUT2D eigenvalue weighted by atomic mass is 16.3. The third-order valence-corrected chi connectivity index (χ3v) is 12.5. The average Bonchev–Trinajstić information content (AvgIpc) is 3.88. The zero-order chi connectivity index (χ0) is 38.6. The van der Waals surface area contributed by atoms with E-state index < -0.39 is 0 Å². The highest BCUT2D eigenvalue weighted by Crippen LogP contribution is 2.52. The maximum atomic E-state index is 6.95. The molecule has 0 atom stereocenters. The lowest BCUT2D eigenvalue weighted by atomic mass is 9.33. The Bertz CT molecular complexity index is 3250. The lowest BCUT2D eigenvalue weighted by molar-refractivity contribution is 0.669. The lowest BCUT2D eigenvalue weighted by Gasteiger charge is -2.44. The quantitative estimate of drug-likeness (QED) is 0.168. The maximum Gasteiger partial charge on any atom is 0.252 e. The summed E-state index contributed by atoms with van der Waals surface area (Å²) in [5.74, 6) is 0. The molecule has 59 heavy (non-hydrogen) atoms. The van der Waals surface area contributed by atoms with Gasteiger partial charge in [0, 0.05) is 55.4 Å². The molecule has 4 nitrogen and oxygen atoms in total. The van der Waals surface area contributed by atoms with Gasteiger partial charge in [-0.25, -0.2) is 0 Å². The number of hydrogen-bond donors (Lipinski definition) is 0. The summed E-state index contributed by atoms with van der Waals surface area (Å²) in [6, 6.07) is 71.8. The van der Waals surface area contributed by atoms with Crippen molar-refractivity contribution in [3.63, 3.8) is 0 Å². The molecule has 0 unspecified atom stereocenters. The van der Waals surface area contributed by atoms with E-state index in [1.165, 1.54) is 16.4 Å². The van der Waals surface area contributed by atoms with Crippen LogP contribution >= 0.6 is 0 Å². The second kappa shape index (κ2) is 12.4. The molecule has 2 aliphatic heterocycles. The van der Waals surface area contributed by atoms with Crippen LogP contribution in [0, 0.1) is 0 Å². The molecule has 274 valence electrons. The zero-order valence-electron chi connectivity index (χ0n) is 31.8. The first-order valence-electron chi connectivity index (χ1n) is 20.2. The SMILES string of the molecule is c1ccc(-c2ccc3c(oc4ccccc43)c2N2c3ccccc3B3c4ccccc4N(c4c(-c5ccccc5)ccc5c4oc4ccccc45)c4cccc2c43)cc1. The molecule has 0 amide bonds. The fraction of sp³-hybridized carbons (Fsp3) is 0. The predicted molar refractivity (Wildman–Crippen MR) is 246 cm³/mol. The van der Waals surface area contributed by atoms with Crippen molar-refractivity contribution in [1.82, 2.24) is 0 Å². The van der Waals surface area contributed by atoms with Gasteiger partial charge in [0.05, 0.1) is 11.4 Å². The molecule has 0 bridgehead atoms. The van der Waals surface area contributed by atoms with Gasteiger partial charge in [0.1, 0.15) is 11.2 Å². The maximum absolute atomic E-state index is 6.95. The van der Waals surface area contributed by atoms with Crippen molar-refractivity contribution >= 4 is 101 Å². The number of para-hydroxylation sites is 4. The minimum atomic E-state index is -0.0220. The van der Waals surface area contributed by atoms with E-state index in [1.807, 2.05) is 0 Å². The Labute approximate surface area is 340 Å². The van der Waals surface area contributed by atoms with Crippen molar-refractivity contribution in [2.24, 2.45) is 0 Å². The van der Waals surface area contributed by atoms with Crippen molar-refractivity contribution < 1.29 is 8.83 Å². The highest BCUT2D eigenvalue weighted by molar-refractivity contribution is 7.00. The van der Waals surface area contributed by atoms with Gasteiger partial charge in [-0.2, -0.15) is 0 Å². The second-order valence-corrected chi connectivity index (χ2v) is 15.5. The van der Waals surface area contributed by atoms with E-state index in [0.29, 0.717) is 0 Å². The van der Waals surface area contributed by atoms with Gasteiger partial charge < -0.3 is 18.6 Å². The van der Waals surface area contributed by atoms with Gasteiger partial charge in [-0.3, -0.25) is 0 Å². The van der Waals surface area contributed by atoms with Crippen LogP contribution in [-0.4, -0.2) is 6.71 Å². The Balaban J connectivity index is 1.16. The van der Waals surface area contributed by atoms with Crippen LogP contribution in [0.2, 0.25) is 0 Å². The van der Waals surface area contributed by atoms with Crippen LogP contribution in [0.5, 0.6) is 0 Å². The first-order chi connectivity index (χ1) is 29.3. The summed E-state index contributed by atoms with van der Waals surface area (Å²) >= 11 is 0. The number of nitrogens with zero attached hydrogens (tertiary/aromatic N) is 2. The molecule has 0 saturated carbocycles. The van der Waals surface area contributed by atoms with Crippen LogP contribution in [0.25, 0.3) is 66.1 Å². The van der Waals surface area contributed by atoms with E-state index in [4.69, 9.17) is 8.83 Å². The Morgan fingerprint density at radius 2 is 0.729 bits per heavy atom. The van der Waals surface area contributed by atoms with Crippen LogP contribution in [0.15, 0.2) is 209 Å². The van der Waals surface area contributed by atoms with Gasteiger partial charge >= 0.3 is 0 Å². The summed E-state index contributed by atoms with van der Waals surface area (Å²) in [5.41, 5.74) is 18.3. The summed E-state index contributed by atoms with van der Waals surface area (Å²) in [5, 5.41) is 4.40. The normalized spacial score (nSPS) is 13.0. The summed E-state index contributed by atoms with van der Waals surface area (Å²) in [4.78, 5) is 4.95. The number of hydrogen-bond acceptors (Lipinski definition) is 4. The van der Waals surface area contributed by atoms with Crippen LogP contribution < -0.4 is 26.2 Å². The first kappa shape index (κ1) is 32.3. The topological polar surface area (TPSA) is 32.8 Å². The monoisotopic (exact) mass is 752 g/mol. The zero-order valence-corrected chi connectivity index (χ0v) is 31.8. The van der Waals surface area contributed by atoms with Crippen molar-refractivity contribution in [3.05, 3.63) is 200 Å². The van der Waals surface area contributed by atoms with Crippen molar-refractivity contribution in [3.8, 4) is 22.3 Å². The third kappa shape index (κ3) is 4.55. The molecular weight excluding hydrogens is 719 g/mol. The van der Waals surface area contributed by atoms with Crippen LogP contribution in [0.3, 0.4) is 0 Å². The Morgan fingerprint density at radius 3 is 1.22 bits per heavy atom. The molecule has 2 aromatic heterocycles. The third-order valence-electron chi connectivity index (χ3n) is 12.5. The largest absolute Gasteiger partial charge is 0.454 e. The van der Waals surface area contributed by atoms with Gasteiger partial charge in [0.25, 0.3) is 6.71 Å². The number of rotatable bonds is 4. The molecule has 0 saturated heterocycles. The summed E-state index contributed by atoms with van der Waals surface area (Å²) < 4.78 is 13.9. The van der Waals surface area contributed by atoms with E-state index in [2.05, 4.69) is 210 Å². The molecule has 0 N–H and O–H groups in total. The number of furan rings is 2. The van der Waals surface area contributed by atoms with Gasteiger partial charge in [-0.15, -0.1) is 0 Å². The lowest BCUT2D eigenvalue weighted by Crippen LogP contribution is -2.61. The summed E-state index contributed by atoms with van der Waals surface area (Å²) in [6.45, 7) is -0.0220. The van der Waals surface area contributed by atoms with E-state index in [0.717, 1.165) is 100 Å². The van der Waals surface area contributed by atoms with Gasteiger partial charge in [0.2, 0.25) is 0 Å². The number of anilines is 6. The van der Waals surface area contributed by atoms with Crippen LogP contribution in [0.1, 0.15) is 0 Å². The van der Waals surface area contributed by atoms with E-state index >= 15 is 0 Å².